The molecule has 8 heteroatoms. The van der Waals surface area contributed by atoms with Crippen LogP contribution in [0, 0.1) is 5.41 Å². The van der Waals surface area contributed by atoms with Crippen LogP contribution in [0.25, 0.3) is 27.7 Å². The minimum atomic E-state index is -0.895. The summed E-state index contributed by atoms with van der Waals surface area (Å²) in [5, 5.41) is 15.5. The summed E-state index contributed by atoms with van der Waals surface area (Å²) in [4.78, 5) is 29.3. The second-order valence-corrected chi connectivity index (χ2v) is 10.3. The number of benzene rings is 2. The lowest BCUT2D eigenvalue weighted by Crippen LogP contribution is -2.51. The number of aromatic nitrogens is 3. The molecule has 182 valence electrons. The highest BCUT2D eigenvalue weighted by Gasteiger charge is 2.40. The Bertz CT molecular complexity index is 1460. The fourth-order valence-electron chi connectivity index (χ4n) is 5.37. The van der Waals surface area contributed by atoms with E-state index in [1.54, 1.807) is 18.1 Å². The van der Waals surface area contributed by atoms with Crippen molar-refractivity contribution in [1.29, 1.82) is 0 Å². The van der Waals surface area contributed by atoms with E-state index in [-0.39, 0.29) is 22.9 Å². The lowest BCUT2D eigenvalue weighted by Gasteiger charge is -2.44. The van der Waals surface area contributed by atoms with Gasteiger partial charge in [0.25, 0.3) is 5.56 Å². The molecule has 0 spiro atoms. The molecular weight excluding hydrogens is 444 g/mol. The van der Waals surface area contributed by atoms with E-state index in [4.69, 9.17) is 9.84 Å². The van der Waals surface area contributed by atoms with Crippen LogP contribution in [0.3, 0.4) is 0 Å². The highest BCUT2D eigenvalue weighted by molar-refractivity contribution is 6.04. The molecular formula is C27H30N4O4. The first kappa shape index (κ1) is 23.0. The number of likely N-dealkylation sites (tertiary alicyclic amines) is 1. The van der Waals surface area contributed by atoms with Crippen molar-refractivity contribution in [2.75, 3.05) is 13.7 Å². The van der Waals surface area contributed by atoms with Crippen LogP contribution in [0.15, 0.2) is 53.3 Å². The van der Waals surface area contributed by atoms with Gasteiger partial charge in [0.2, 0.25) is 0 Å². The van der Waals surface area contributed by atoms with Gasteiger partial charge < -0.3 is 19.7 Å². The standard InChI is InChI=1S/C27H30N4O4/c1-27(2,3)22-14-17(12-13-30(22)26(33)34)21-15-23(32)28-25-24-19(6-5-7-20(24)29-31(21)25)16-8-10-18(35-4)11-9-16/h5-11,15,17,22H,12-14H2,1-4H3,(H,28,32)(H,33,34). The van der Waals surface area contributed by atoms with Gasteiger partial charge in [-0.05, 0) is 47.6 Å². The third kappa shape index (κ3) is 4.03. The van der Waals surface area contributed by atoms with E-state index in [0.717, 1.165) is 33.5 Å². The van der Waals surface area contributed by atoms with Gasteiger partial charge in [0.05, 0.1) is 23.7 Å². The first-order chi connectivity index (χ1) is 16.7. The van der Waals surface area contributed by atoms with E-state index in [1.165, 1.54) is 0 Å². The molecule has 2 N–H and O–H groups in total. The number of hydrogen-bond donors (Lipinski definition) is 2. The number of nitrogens with one attached hydrogen (secondary N) is 1. The summed E-state index contributed by atoms with van der Waals surface area (Å²) in [7, 11) is 1.64. The van der Waals surface area contributed by atoms with Gasteiger partial charge in [-0.15, -0.1) is 0 Å². The second-order valence-electron chi connectivity index (χ2n) is 10.3. The minimum Gasteiger partial charge on any atom is -0.497 e. The fourth-order valence-corrected chi connectivity index (χ4v) is 5.37. The van der Waals surface area contributed by atoms with Crippen LogP contribution in [0.2, 0.25) is 0 Å². The van der Waals surface area contributed by atoms with Crippen LogP contribution in [-0.4, -0.2) is 50.4 Å². The smallest absolute Gasteiger partial charge is 0.407 e. The van der Waals surface area contributed by atoms with Crippen molar-refractivity contribution < 1.29 is 14.6 Å². The SMILES string of the molecule is COc1ccc(-c2cccc3nn4c(C5CCN(C(=O)O)C(C(C)(C)C)C5)cc(=O)[nH]c4c23)cc1. The average molecular weight is 475 g/mol. The van der Waals surface area contributed by atoms with Gasteiger partial charge in [-0.3, -0.25) is 4.79 Å². The molecule has 2 aromatic carbocycles. The van der Waals surface area contributed by atoms with Gasteiger partial charge in [0.1, 0.15) is 11.4 Å². The molecule has 2 atom stereocenters. The third-order valence-corrected chi connectivity index (χ3v) is 7.13. The molecule has 0 saturated carbocycles. The Labute approximate surface area is 203 Å². The molecule has 2 unspecified atom stereocenters. The molecule has 3 heterocycles. The molecule has 1 fully saturated rings. The molecule has 0 aliphatic carbocycles. The number of H-pyrrole nitrogens is 1. The highest BCUT2D eigenvalue weighted by Crippen LogP contribution is 2.40. The first-order valence-electron chi connectivity index (χ1n) is 11.9. The molecule has 5 rings (SSSR count). The number of carboxylic acid groups (broad SMARTS) is 1. The summed E-state index contributed by atoms with van der Waals surface area (Å²) < 4.78 is 7.14. The number of methoxy groups -OCH3 is 1. The van der Waals surface area contributed by atoms with E-state index in [2.05, 4.69) is 25.8 Å². The molecule has 0 bridgehead atoms. The summed E-state index contributed by atoms with van der Waals surface area (Å²) in [6.07, 6.45) is 0.378. The molecule has 1 aliphatic rings. The predicted molar refractivity (Wildman–Crippen MR) is 135 cm³/mol. The number of nitrogens with zero attached hydrogens (tertiary/aromatic N) is 3. The molecule has 2 aromatic heterocycles. The van der Waals surface area contributed by atoms with Crippen molar-refractivity contribution in [2.24, 2.45) is 5.41 Å². The number of aromatic amines is 1. The lowest BCUT2D eigenvalue weighted by atomic mass is 9.76. The van der Waals surface area contributed by atoms with Crippen LogP contribution in [-0.2, 0) is 0 Å². The van der Waals surface area contributed by atoms with E-state index in [9.17, 15) is 14.7 Å². The molecule has 1 amide bonds. The highest BCUT2D eigenvalue weighted by atomic mass is 16.5. The van der Waals surface area contributed by atoms with Crippen LogP contribution in [0.5, 0.6) is 5.75 Å². The van der Waals surface area contributed by atoms with Crippen LogP contribution in [0.1, 0.15) is 45.2 Å². The largest absolute Gasteiger partial charge is 0.497 e. The van der Waals surface area contributed by atoms with Gasteiger partial charge in [-0.1, -0.05) is 45.0 Å². The fraction of sp³-hybridized carbons (Fsp3) is 0.370. The number of carbonyl (C=O) groups is 1. The number of amides is 1. The zero-order valence-electron chi connectivity index (χ0n) is 20.4. The maximum Gasteiger partial charge on any atom is 0.407 e. The summed E-state index contributed by atoms with van der Waals surface area (Å²) in [5.41, 5.74) is 3.82. The van der Waals surface area contributed by atoms with Crippen molar-refractivity contribution in [2.45, 2.75) is 45.6 Å². The van der Waals surface area contributed by atoms with Gasteiger partial charge in [-0.25, -0.2) is 9.31 Å². The lowest BCUT2D eigenvalue weighted by molar-refractivity contribution is 0.0518. The zero-order valence-corrected chi connectivity index (χ0v) is 20.4. The molecule has 35 heavy (non-hydrogen) atoms. The number of hydrogen-bond acceptors (Lipinski definition) is 4. The van der Waals surface area contributed by atoms with Crippen LogP contribution < -0.4 is 10.3 Å². The topological polar surface area (TPSA) is 99.9 Å². The molecule has 8 nitrogen and oxygen atoms in total. The average Bonchev–Trinajstić information content (AvgIpc) is 3.21. The summed E-state index contributed by atoms with van der Waals surface area (Å²) >= 11 is 0. The second kappa shape index (κ2) is 8.45. The van der Waals surface area contributed by atoms with Gasteiger partial charge in [-0.2, -0.15) is 5.10 Å². The number of piperidine rings is 1. The summed E-state index contributed by atoms with van der Waals surface area (Å²) in [6.45, 7) is 6.61. The van der Waals surface area contributed by atoms with E-state index in [0.29, 0.717) is 25.0 Å². The predicted octanol–water partition coefficient (Wildman–Crippen LogP) is 5.12. The summed E-state index contributed by atoms with van der Waals surface area (Å²) in [6, 6.07) is 15.2. The number of fused-ring (bicyclic) bond motifs is 3. The van der Waals surface area contributed by atoms with Crippen molar-refractivity contribution in [1.82, 2.24) is 19.5 Å². The number of ether oxygens (including phenoxy) is 1. The van der Waals surface area contributed by atoms with Gasteiger partial charge >= 0.3 is 6.09 Å². The van der Waals surface area contributed by atoms with Crippen molar-refractivity contribution >= 4 is 22.6 Å². The molecule has 0 radical (unpaired) electrons. The molecule has 1 aliphatic heterocycles. The zero-order chi connectivity index (χ0) is 24.9. The van der Waals surface area contributed by atoms with Gasteiger partial charge in [0.15, 0.2) is 0 Å². The third-order valence-electron chi connectivity index (χ3n) is 7.13. The molecule has 4 aromatic rings. The van der Waals surface area contributed by atoms with Crippen LogP contribution in [0.4, 0.5) is 4.79 Å². The van der Waals surface area contributed by atoms with Crippen molar-refractivity contribution in [3.05, 3.63) is 64.6 Å². The maximum absolute atomic E-state index is 12.9. The van der Waals surface area contributed by atoms with Gasteiger partial charge in [0, 0.05) is 24.6 Å². The Morgan fingerprint density at radius 2 is 1.91 bits per heavy atom. The minimum absolute atomic E-state index is 0.0124. The first-order valence-corrected chi connectivity index (χ1v) is 11.9. The quantitative estimate of drug-likeness (QED) is 0.429. The van der Waals surface area contributed by atoms with Crippen LogP contribution >= 0.6 is 0 Å². The van der Waals surface area contributed by atoms with E-state index < -0.39 is 6.09 Å². The van der Waals surface area contributed by atoms with Crippen molar-refractivity contribution in [3.63, 3.8) is 0 Å². The Morgan fingerprint density at radius 1 is 1.17 bits per heavy atom. The van der Waals surface area contributed by atoms with E-state index in [1.807, 2.05) is 47.0 Å². The van der Waals surface area contributed by atoms with Crippen molar-refractivity contribution in [3.8, 4) is 16.9 Å². The molecule has 1 saturated heterocycles. The normalized spacial score (nSPS) is 18.8. The Morgan fingerprint density at radius 3 is 2.57 bits per heavy atom. The Balaban J connectivity index is 1.65. The monoisotopic (exact) mass is 474 g/mol. The summed E-state index contributed by atoms with van der Waals surface area (Å²) in [5.74, 6) is 0.788. The number of rotatable bonds is 3. The Hall–Kier alpha value is -3.81. The Kier molecular flexibility index (Phi) is 5.54. The van der Waals surface area contributed by atoms with E-state index >= 15 is 0 Å². The maximum atomic E-state index is 12.9.